The predicted octanol–water partition coefficient (Wildman–Crippen LogP) is 7.55. The molecule has 2 aliphatic heterocycles. The van der Waals surface area contributed by atoms with E-state index in [1.807, 2.05) is 43.3 Å². The molecular weight excluding hydrogens is 560 g/mol. The molecule has 1 saturated heterocycles. The topological polar surface area (TPSA) is 51.2 Å². The van der Waals surface area contributed by atoms with Crippen molar-refractivity contribution in [3.8, 4) is 11.5 Å². The summed E-state index contributed by atoms with van der Waals surface area (Å²) in [5.41, 5.74) is 5.43. The number of hydrogen-bond acceptors (Lipinski definition) is 6. The molecule has 1 unspecified atom stereocenters. The first-order valence-electron chi connectivity index (χ1n) is 15.3. The van der Waals surface area contributed by atoms with Crippen LogP contribution in [0, 0.1) is 6.92 Å². The molecule has 0 radical (unpaired) electrons. The molecule has 0 saturated carbocycles. The number of fused-ring (bicyclic) bond motifs is 3. The van der Waals surface area contributed by atoms with Gasteiger partial charge in [0.05, 0.1) is 19.8 Å². The lowest BCUT2D eigenvalue weighted by Gasteiger charge is -2.51. The molecule has 2 heterocycles. The molecule has 5 aromatic carbocycles. The van der Waals surface area contributed by atoms with E-state index >= 15 is 0 Å². The number of hydrogen-bond donors (Lipinski definition) is 0. The van der Waals surface area contributed by atoms with Gasteiger partial charge in [0.25, 0.3) is 0 Å². The molecular formula is C39H36N2O4. The van der Waals surface area contributed by atoms with Gasteiger partial charge in [-0.2, -0.15) is 0 Å². The zero-order valence-electron chi connectivity index (χ0n) is 25.8. The number of carbonyl (C=O) groups is 1. The fourth-order valence-electron chi connectivity index (χ4n) is 6.93. The van der Waals surface area contributed by atoms with E-state index in [-0.39, 0.29) is 5.97 Å². The highest BCUT2D eigenvalue weighted by molar-refractivity contribution is 6.09. The monoisotopic (exact) mass is 596 g/mol. The Bertz CT molecular complexity index is 1880. The molecule has 6 nitrogen and oxygen atoms in total. The van der Waals surface area contributed by atoms with Crippen molar-refractivity contribution in [2.24, 2.45) is 0 Å². The Kier molecular flexibility index (Phi) is 7.51. The maximum atomic E-state index is 13.4. The van der Waals surface area contributed by atoms with Crippen LogP contribution in [0.2, 0.25) is 0 Å². The first-order chi connectivity index (χ1) is 22.0. The number of esters is 1. The SMILES string of the molecule is COC(=O)c1c2c(c3ccccc3c1C)OC(c1ccccc1)(N1CCN(c3ccc(OC)cc3)CC1)C(c1ccccc1)=C2. The summed E-state index contributed by atoms with van der Waals surface area (Å²) in [6.45, 7) is 5.15. The minimum Gasteiger partial charge on any atom is -0.497 e. The van der Waals surface area contributed by atoms with Gasteiger partial charge in [0.1, 0.15) is 11.5 Å². The smallest absolute Gasteiger partial charge is 0.338 e. The van der Waals surface area contributed by atoms with Crippen LogP contribution in [-0.4, -0.2) is 51.3 Å². The quantitative estimate of drug-likeness (QED) is 0.189. The summed E-state index contributed by atoms with van der Waals surface area (Å²) in [5.74, 6) is 1.17. The standard InChI is InChI=1S/C39H36N2O4/c1-27-32-16-10-11-17-33(32)37-34(36(27)38(42)44-3)26-35(28-12-6-4-7-13-28)39(45-37,29-14-8-5-9-15-29)41-24-22-40(23-25-41)30-18-20-31(43-2)21-19-30/h4-21,26H,22-25H2,1-3H3. The van der Waals surface area contributed by atoms with Crippen molar-refractivity contribution in [3.63, 3.8) is 0 Å². The molecule has 0 aliphatic carbocycles. The van der Waals surface area contributed by atoms with Crippen molar-refractivity contribution in [1.29, 1.82) is 0 Å². The van der Waals surface area contributed by atoms with Gasteiger partial charge in [0.15, 0.2) is 0 Å². The van der Waals surface area contributed by atoms with E-state index in [0.29, 0.717) is 11.3 Å². The molecule has 226 valence electrons. The summed E-state index contributed by atoms with van der Waals surface area (Å²) in [5, 5.41) is 1.94. The van der Waals surface area contributed by atoms with Crippen molar-refractivity contribution in [3.05, 3.63) is 137 Å². The van der Waals surface area contributed by atoms with Crippen molar-refractivity contribution in [1.82, 2.24) is 4.90 Å². The van der Waals surface area contributed by atoms with Crippen LogP contribution < -0.4 is 14.4 Å². The molecule has 5 aromatic rings. The minimum absolute atomic E-state index is 0.373. The maximum Gasteiger partial charge on any atom is 0.338 e. The number of carbonyl (C=O) groups excluding carboxylic acids is 1. The van der Waals surface area contributed by atoms with Crippen LogP contribution in [0.1, 0.15) is 32.6 Å². The third kappa shape index (κ3) is 4.82. The largest absolute Gasteiger partial charge is 0.497 e. The molecule has 0 N–H and O–H groups in total. The predicted molar refractivity (Wildman–Crippen MR) is 180 cm³/mol. The van der Waals surface area contributed by atoms with Gasteiger partial charge >= 0.3 is 5.97 Å². The Hall–Kier alpha value is -5.07. The van der Waals surface area contributed by atoms with E-state index in [1.165, 1.54) is 12.8 Å². The second-order valence-electron chi connectivity index (χ2n) is 11.5. The van der Waals surface area contributed by atoms with Gasteiger partial charge in [0, 0.05) is 54.0 Å². The average molecular weight is 597 g/mol. The van der Waals surface area contributed by atoms with Crippen molar-refractivity contribution in [2.45, 2.75) is 12.6 Å². The van der Waals surface area contributed by atoms with Crippen LogP contribution in [0.25, 0.3) is 22.4 Å². The summed E-state index contributed by atoms with van der Waals surface area (Å²) in [6, 6.07) is 37.3. The molecule has 0 bridgehead atoms. The first kappa shape index (κ1) is 28.7. The Morgan fingerprint density at radius 1 is 0.756 bits per heavy atom. The molecule has 0 spiro atoms. The molecule has 2 aliphatic rings. The number of ether oxygens (including phenoxy) is 3. The Morgan fingerprint density at radius 2 is 1.38 bits per heavy atom. The minimum atomic E-state index is -0.951. The summed E-state index contributed by atoms with van der Waals surface area (Å²) in [7, 11) is 3.13. The molecule has 45 heavy (non-hydrogen) atoms. The fourth-order valence-corrected chi connectivity index (χ4v) is 6.93. The summed E-state index contributed by atoms with van der Waals surface area (Å²) < 4.78 is 18.2. The molecule has 0 aromatic heterocycles. The first-order valence-corrected chi connectivity index (χ1v) is 15.3. The third-order valence-corrected chi connectivity index (χ3v) is 9.17. The highest BCUT2D eigenvalue weighted by Crippen LogP contribution is 2.52. The average Bonchev–Trinajstić information content (AvgIpc) is 3.12. The Balaban J connectivity index is 1.44. The molecule has 1 atom stereocenters. The number of benzene rings is 5. The van der Waals surface area contributed by atoms with Gasteiger partial charge in [-0.25, -0.2) is 4.79 Å². The summed E-state index contributed by atoms with van der Waals surface area (Å²) in [4.78, 5) is 18.3. The fraction of sp³-hybridized carbons (Fsp3) is 0.205. The van der Waals surface area contributed by atoms with Gasteiger partial charge < -0.3 is 19.1 Å². The van der Waals surface area contributed by atoms with Crippen molar-refractivity contribution < 1.29 is 19.0 Å². The second-order valence-corrected chi connectivity index (χ2v) is 11.5. The van der Waals surface area contributed by atoms with Crippen LogP contribution in [0.4, 0.5) is 5.69 Å². The maximum absolute atomic E-state index is 13.4. The molecule has 0 amide bonds. The van der Waals surface area contributed by atoms with Gasteiger partial charge in [-0.3, -0.25) is 4.90 Å². The van der Waals surface area contributed by atoms with Crippen LogP contribution in [-0.2, 0) is 10.5 Å². The van der Waals surface area contributed by atoms with E-state index in [0.717, 1.165) is 70.5 Å². The summed E-state index contributed by atoms with van der Waals surface area (Å²) >= 11 is 0. The van der Waals surface area contributed by atoms with Crippen LogP contribution in [0.15, 0.2) is 109 Å². The van der Waals surface area contributed by atoms with Crippen LogP contribution in [0.3, 0.4) is 0 Å². The lowest BCUT2D eigenvalue weighted by atomic mass is 9.81. The highest BCUT2D eigenvalue weighted by atomic mass is 16.5. The normalized spacial score (nSPS) is 18.1. The van der Waals surface area contributed by atoms with Crippen molar-refractivity contribution >= 4 is 34.1 Å². The lowest BCUT2D eigenvalue weighted by molar-refractivity contribution is -0.0453. The van der Waals surface area contributed by atoms with Crippen LogP contribution >= 0.6 is 0 Å². The third-order valence-electron chi connectivity index (χ3n) is 9.17. The van der Waals surface area contributed by atoms with E-state index in [4.69, 9.17) is 14.2 Å². The number of rotatable bonds is 6. The van der Waals surface area contributed by atoms with E-state index in [9.17, 15) is 4.79 Å². The number of aryl methyl sites for hydroxylation is 1. The number of piperazine rings is 1. The van der Waals surface area contributed by atoms with Gasteiger partial charge in [-0.05, 0) is 53.8 Å². The molecule has 7 rings (SSSR count). The second kappa shape index (κ2) is 11.8. The number of anilines is 1. The van der Waals surface area contributed by atoms with E-state index in [2.05, 4.69) is 88.7 Å². The zero-order chi connectivity index (χ0) is 31.0. The summed E-state index contributed by atoms with van der Waals surface area (Å²) in [6.07, 6.45) is 2.17. The zero-order valence-corrected chi connectivity index (χ0v) is 25.8. The lowest BCUT2D eigenvalue weighted by Crippen LogP contribution is -2.59. The van der Waals surface area contributed by atoms with E-state index < -0.39 is 5.72 Å². The van der Waals surface area contributed by atoms with Crippen LogP contribution in [0.5, 0.6) is 11.5 Å². The Morgan fingerprint density at radius 3 is 2.02 bits per heavy atom. The molecule has 1 fully saturated rings. The molecule has 6 heteroatoms. The number of nitrogens with zero attached hydrogens (tertiary/aromatic N) is 2. The van der Waals surface area contributed by atoms with Gasteiger partial charge in [0.2, 0.25) is 5.72 Å². The van der Waals surface area contributed by atoms with E-state index in [1.54, 1.807) is 7.11 Å². The Labute approximate surface area is 264 Å². The number of methoxy groups -OCH3 is 2. The van der Waals surface area contributed by atoms with Gasteiger partial charge in [-0.15, -0.1) is 0 Å². The highest BCUT2D eigenvalue weighted by Gasteiger charge is 2.49. The van der Waals surface area contributed by atoms with Crippen molar-refractivity contribution in [2.75, 3.05) is 45.3 Å². The van der Waals surface area contributed by atoms with Gasteiger partial charge in [-0.1, -0.05) is 84.9 Å².